The average molecular weight is 297 g/mol. The standard InChI is InChI=1S/C16H19N5O/c1-12-5-3-6-13(9-12)21-16-14(10-20-21)15(18-11-19-16)17-7-4-8-22-2/h3,5-6,9-11H,4,7-8H2,1-2H3,(H,17,18,19). The van der Waals surface area contributed by atoms with Crippen LogP contribution >= 0.6 is 0 Å². The number of anilines is 1. The molecule has 0 aliphatic carbocycles. The van der Waals surface area contributed by atoms with Crippen LogP contribution in [0, 0.1) is 6.92 Å². The Bertz CT molecular complexity index is 768. The second-order valence-electron chi connectivity index (χ2n) is 5.13. The Morgan fingerprint density at radius 1 is 1.27 bits per heavy atom. The number of nitrogens with zero attached hydrogens (tertiary/aromatic N) is 4. The zero-order valence-electron chi connectivity index (χ0n) is 12.8. The molecule has 1 N–H and O–H groups in total. The second kappa shape index (κ2) is 6.53. The van der Waals surface area contributed by atoms with Gasteiger partial charge in [-0.1, -0.05) is 12.1 Å². The highest BCUT2D eigenvalue weighted by molar-refractivity contribution is 5.87. The van der Waals surface area contributed by atoms with Crippen molar-refractivity contribution >= 4 is 16.9 Å². The van der Waals surface area contributed by atoms with Crippen molar-refractivity contribution in [1.29, 1.82) is 0 Å². The lowest BCUT2D eigenvalue weighted by Gasteiger charge is -2.07. The first-order valence-corrected chi connectivity index (χ1v) is 7.28. The van der Waals surface area contributed by atoms with Crippen LogP contribution in [-0.2, 0) is 4.74 Å². The summed E-state index contributed by atoms with van der Waals surface area (Å²) < 4.78 is 6.89. The summed E-state index contributed by atoms with van der Waals surface area (Å²) >= 11 is 0. The van der Waals surface area contributed by atoms with E-state index < -0.39 is 0 Å². The van der Waals surface area contributed by atoms with Gasteiger partial charge in [-0.15, -0.1) is 0 Å². The van der Waals surface area contributed by atoms with Crippen molar-refractivity contribution in [2.24, 2.45) is 0 Å². The van der Waals surface area contributed by atoms with Crippen LogP contribution in [-0.4, -0.2) is 40.0 Å². The summed E-state index contributed by atoms with van der Waals surface area (Å²) in [6, 6.07) is 8.18. The topological polar surface area (TPSA) is 64.9 Å². The predicted octanol–water partition coefficient (Wildman–Crippen LogP) is 2.57. The van der Waals surface area contributed by atoms with Gasteiger partial charge < -0.3 is 10.1 Å². The zero-order valence-corrected chi connectivity index (χ0v) is 12.8. The molecule has 0 spiro atoms. The maximum Gasteiger partial charge on any atom is 0.168 e. The van der Waals surface area contributed by atoms with E-state index in [0.717, 1.165) is 42.1 Å². The van der Waals surface area contributed by atoms with E-state index in [9.17, 15) is 0 Å². The van der Waals surface area contributed by atoms with Gasteiger partial charge in [-0.25, -0.2) is 14.6 Å². The van der Waals surface area contributed by atoms with E-state index in [2.05, 4.69) is 39.4 Å². The number of aryl methyl sites for hydroxylation is 1. The average Bonchev–Trinajstić information content (AvgIpc) is 2.96. The van der Waals surface area contributed by atoms with Gasteiger partial charge in [0.25, 0.3) is 0 Å². The molecule has 0 unspecified atom stereocenters. The Labute approximate surface area is 129 Å². The molecule has 6 heteroatoms. The predicted molar refractivity (Wildman–Crippen MR) is 86.4 cm³/mol. The largest absolute Gasteiger partial charge is 0.385 e. The van der Waals surface area contributed by atoms with Gasteiger partial charge >= 0.3 is 0 Å². The lowest BCUT2D eigenvalue weighted by Crippen LogP contribution is -2.06. The van der Waals surface area contributed by atoms with Crippen LogP contribution in [0.4, 0.5) is 5.82 Å². The van der Waals surface area contributed by atoms with Gasteiger partial charge in [0, 0.05) is 20.3 Å². The molecule has 0 radical (unpaired) electrons. The number of aromatic nitrogens is 4. The molecule has 1 aromatic carbocycles. The molecule has 2 aromatic heterocycles. The third-order valence-electron chi connectivity index (χ3n) is 3.43. The van der Waals surface area contributed by atoms with Crippen molar-refractivity contribution in [2.45, 2.75) is 13.3 Å². The van der Waals surface area contributed by atoms with Crippen molar-refractivity contribution in [3.05, 3.63) is 42.4 Å². The van der Waals surface area contributed by atoms with Crippen LogP contribution in [0.15, 0.2) is 36.8 Å². The minimum atomic E-state index is 0.726. The second-order valence-corrected chi connectivity index (χ2v) is 5.13. The molecule has 3 rings (SSSR count). The van der Waals surface area contributed by atoms with Gasteiger partial charge in [0.05, 0.1) is 17.3 Å². The number of nitrogens with one attached hydrogen (secondary N) is 1. The third-order valence-corrected chi connectivity index (χ3v) is 3.43. The quantitative estimate of drug-likeness (QED) is 0.708. The highest BCUT2D eigenvalue weighted by Crippen LogP contribution is 2.21. The van der Waals surface area contributed by atoms with Gasteiger partial charge in [-0.05, 0) is 31.0 Å². The Morgan fingerprint density at radius 2 is 2.18 bits per heavy atom. The fourth-order valence-electron chi connectivity index (χ4n) is 2.36. The summed E-state index contributed by atoms with van der Waals surface area (Å²) in [5.74, 6) is 0.806. The summed E-state index contributed by atoms with van der Waals surface area (Å²) in [7, 11) is 1.70. The van der Waals surface area contributed by atoms with E-state index in [-0.39, 0.29) is 0 Å². The number of fused-ring (bicyclic) bond motifs is 1. The number of hydrogen-bond acceptors (Lipinski definition) is 5. The van der Waals surface area contributed by atoms with E-state index in [1.807, 2.05) is 16.8 Å². The van der Waals surface area contributed by atoms with Crippen molar-refractivity contribution < 1.29 is 4.74 Å². The highest BCUT2D eigenvalue weighted by atomic mass is 16.5. The molecule has 0 saturated carbocycles. The lowest BCUT2D eigenvalue weighted by atomic mass is 10.2. The molecule has 0 aliphatic heterocycles. The van der Waals surface area contributed by atoms with Crippen molar-refractivity contribution in [1.82, 2.24) is 19.7 Å². The van der Waals surface area contributed by atoms with Crippen LogP contribution in [0.5, 0.6) is 0 Å². The Morgan fingerprint density at radius 3 is 3.00 bits per heavy atom. The van der Waals surface area contributed by atoms with Gasteiger partial charge in [0.1, 0.15) is 12.1 Å². The Kier molecular flexibility index (Phi) is 4.29. The normalized spacial score (nSPS) is 11.0. The molecule has 114 valence electrons. The first-order valence-electron chi connectivity index (χ1n) is 7.28. The number of rotatable bonds is 6. The molecule has 3 aromatic rings. The molecule has 22 heavy (non-hydrogen) atoms. The molecule has 0 saturated heterocycles. The Balaban J connectivity index is 1.91. The SMILES string of the molecule is COCCCNc1ncnc2c1cnn2-c1cccc(C)c1. The molecule has 0 amide bonds. The van der Waals surface area contributed by atoms with Gasteiger partial charge in [0.2, 0.25) is 0 Å². The molecule has 2 heterocycles. The number of benzene rings is 1. The minimum absolute atomic E-state index is 0.726. The van der Waals surface area contributed by atoms with E-state index >= 15 is 0 Å². The summed E-state index contributed by atoms with van der Waals surface area (Å²) in [5, 5.41) is 8.69. The Hall–Kier alpha value is -2.47. The van der Waals surface area contributed by atoms with E-state index in [1.165, 1.54) is 5.56 Å². The molecule has 6 nitrogen and oxygen atoms in total. The molecular formula is C16H19N5O. The molecule has 0 aliphatic rings. The van der Waals surface area contributed by atoms with E-state index in [0.29, 0.717) is 0 Å². The first kappa shape index (κ1) is 14.5. The monoisotopic (exact) mass is 297 g/mol. The molecule has 0 atom stereocenters. The van der Waals surface area contributed by atoms with Gasteiger partial charge in [-0.2, -0.15) is 5.10 Å². The maximum absolute atomic E-state index is 5.05. The number of methoxy groups -OCH3 is 1. The van der Waals surface area contributed by atoms with Crippen LogP contribution in [0.2, 0.25) is 0 Å². The van der Waals surface area contributed by atoms with Gasteiger partial charge in [0.15, 0.2) is 5.65 Å². The molecule has 0 fully saturated rings. The smallest absolute Gasteiger partial charge is 0.168 e. The minimum Gasteiger partial charge on any atom is -0.385 e. The molecule has 0 bridgehead atoms. The van der Waals surface area contributed by atoms with Crippen LogP contribution in [0.25, 0.3) is 16.7 Å². The van der Waals surface area contributed by atoms with Crippen molar-refractivity contribution in [3.63, 3.8) is 0 Å². The summed E-state index contributed by atoms with van der Waals surface area (Å²) in [6.07, 6.45) is 4.29. The zero-order chi connectivity index (χ0) is 15.4. The fourth-order valence-corrected chi connectivity index (χ4v) is 2.36. The van der Waals surface area contributed by atoms with Crippen LogP contribution < -0.4 is 5.32 Å². The number of hydrogen-bond donors (Lipinski definition) is 1. The fraction of sp³-hybridized carbons (Fsp3) is 0.312. The summed E-state index contributed by atoms with van der Waals surface area (Å²) in [5.41, 5.74) is 2.99. The molecular weight excluding hydrogens is 278 g/mol. The van der Waals surface area contributed by atoms with Crippen molar-refractivity contribution in [2.75, 3.05) is 25.6 Å². The van der Waals surface area contributed by atoms with Crippen LogP contribution in [0.3, 0.4) is 0 Å². The summed E-state index contributed by atoms with van der Waals surface area (Å²) in [6.45, 7) is 3.59. The van der Waals surface area contributed by atoms with E-state index in [1.54, 1.807) is 19.6 Å². The van der Waals surface area contributed by atoms with Gasteiger partial charge in [-0.3, -0.25) is 0 Å². The lowest BCUT2D eigenvalue weighted by molar-refractivity contribution is 0.198. The number of ether oxygens (including phenoxy) is 1. The van der Waals surface area contributed by atoms with E-state index in [4.69, 9.17) is 4.74 Å². The third kappa shape index (κ3) is 2.92. The first-order chi connectivity index (χ1) is 10.8. The van der Waals surface area contributed by atoms with Crippen LogP contribution in [0.1, 0.15) is 12.0 Å². The highest BCUT2D eigenvalue weighted by Gasteiger charge is 2.10. The summed E-state index contributed by atoms with van der Waals surface area (Å²) in [4.78, 5) is 8.69. The maximum atomic E-state index is 5.05. The van der Waals surface area contributed by atoms with Crippen molar-refractivity contribution in [3.8, 4) is 5.69 Å².